The van der Waals surface area contributed by atoms with E-state index in [4.69, 9.17) is 4.74 Å². The van der Waals surface area contributed by atoms with E-state index in [1.807, 2.05) is 31.2 Å². The quantitative estimate of drug-likeness (QED) is 0.811. The Hall–Kier alpha value is -1.35. The summed E-state index contributed by atoms with van der Waals surface area (Å²) in [5.74, 6) is 0.988. The Morgan fingerprint density at radius 2 is 2.24 bits per heavy atom. The average molecular weight is 233 g/mol. The summed E-state index contributed by atoms with van der Waals surface area (Å²) in [5.41, 5.74) is 0.718. The lowest BCUT2D eigenvalue weighted by molar-refractivity contribution is 0.0910. The largest absolute Gasteiger partial charge is 0.493 e. The number of hydrogen-bond acceptors (Lipinski definition) is 3. The van der Waals surface area contributed by atoms with Gasteiger partial charge >= 0.3 is 0 Å². The van der Waals surface area contributed by atoms with Crippen LogP contribution in [0.1, 0.15) is 30.6 Å². The van der Waals surface area contributed by atoms with Gasteiger partial charge in [-0.05, 0) is 38.9 Å². The Bertz CT molecular complexity index is 403. The molecule has 0 bridgehead atoms. The SMILES string of the molecule is CCOc1ccccc1C(=O)C1CCNC1C. The lowest BCUT2D eigenvalue weighted by Gasteiger charge is -2.16. The molecule has 1 aromatic rings. The number of carbonyl (C=O) groups is 1. The van der Waals surface area contributed by atoms with Crippen molar-refractivity contribution in [1.29, 1.82) is 0 Å². The molecule has 1 heterocycles. The number of rotatable bonds is 4. The zero-order chi connectivity index (χ0) is 12.3. The standard InChI is InChI=1S/C14H19NO2/c1-3-17-13-7-5-4-6-12(13)14(16)11-8-9-15-10(11)2/h4-7,10-11,15H,3,8-9H2,1-2H3. The van der Waals surface area contributed by atoms with Crippen molar-refractivity contribution >= 4 is 5.78 Å². The molecule has 0 amide bonds. The van der Waals surface area contributed by atoms with E-state index in [1.165, 1.54) is 0 Å². The zero-order valence-electron chi connectivity index (χ0n) is 10.4. The maximum absolute atomic E-state index is 12.4. The first kappa shape index (κ1) is 12.1. The van der Waals surface area contributed by atoms with Crippen LogP contribution in [0.15, 0.2) is 24.3 Å². The first-order chi connectivity index (χ1) is 8.24. The van der Waals surface area contributed by atoms with E-state index in [1.54, 1.807) is 0 Å². The summed E-state index contributed by atoms with van der Waals surface area (Å²) in [6, 6.07) is 7.78. The van der Waals surface area contributed by atoms with Gasteiger partial charge in [-0.15, -0.1) is 0 Å². The second-order valence-corrected chi connectivity index (χ2v) is 4.43. The Kier molecular flexibility index (Phi) is 3.79. The van der Waals surface area contributed by atoms with Crippen molar-refractivity contribution in [2.45, 2.75) is 26.3 Å². The van der Waals surface area contributed by atoms with Gasteiger partial charge < -0.3 is 10.1 Å². The average Bonchev–Trinajstić information content (AvgIpc) is 2.76. The predicted molar refractivity (Wildman–Crippen MR) is 67.5 cm³/mol. The number of ether oxygens (including phenoxy) is 1. The second-order valence-electron chi connectivity index (χ2n) is 4.43. The topological polar surface area (TPSA) is 38.3 Å². The highest BCUT2D eigenvalue weighted by Crippen LogP contribution is 2.26. The molecule has 0 aliphatic carbocycles. The number of ketones is 1. The summed E-state index contributed by atoms with van der Waals surface area (Å²) in [6.45, 7) is 5.51. The fraction of sp³-hybridized carbons (Fsp3) is 0.500. The maximum atomic E-state index is 12.4. The Balaban J connectivity index is 2.23. The molecule has 0 spiro atoms. The van der Waals surface area contributed by atoms with Gasteiger partial charge in [-0.2, -0.15) is 0 Å². The maximum Gasteiger partial charge on any atom is 0.171 e. The van der Waals surface area contributed by atoms with Crippen molar-refractivity contribution in [3.05, 3.63) is 29.8 Å². The smallest absolute Gasteiger partial charge is 0.171 e. The van der Waals surface area contributed by atoms with E-state index in [0.717, 1.165) is 18.5 Å². The monoisotopic (exact) mass is 233 g/mol. The molecule has 92 valence electrons. The molecule has 3 nitrogen and oxygen atoms in total. The van der Waals surface area contributed by atoms with Gasteiger partial charge in [0.2, 0.25) is 0 Å². The van der Waals surface area contributed by atoms with E-state index in [-0.39, 0.29) is 17.7 Å². The molecule has 1 saturated heterocycles. The molecule has 2 rings (SSSR count). The van der Waals surface area contributed by atoms with Gasteiger partial charge in [0.1, 0.15) is 5.75 Å². The summed E-state index contributed by atoms with van der Waals surface area (Å²) in [5, 5.41) is 3.31. The summed E-state index contributed by atoms with van der Waals surface area (Å²) in [7, 11) is 0. The molecular formula is C14H19NO2. The first-order valence-corrected chi connectivity index (χ1v) is 6.23. The van der Waals surface area contributed by atoms with E-state index in [2.05, 4.69) is 12.2 Å². The van der Waals surface area contributed by atoms with Crippen molar-refractivity contribution in [1.82, 2.24) is 5.32 Å². The van der Waals surface area contributed by atoms with Gasteiger partial charge in [-0.3, -0.25) is 4.79 Å². The molecule has 0 aromatic heterocycles. The Labute approximate surface area is 102 Å². The molecule has 0 saturated carbocycles. The van der Waals surface area contributed by atoms with Gasteiger partial charge in [0.25, 0.3) is 0 Å². The molecule has 1 fully saturated rings. The summed E-state index contributed by atoms with van der Waals surface area (Å²) >= 11 is 0. The molecule has 2 atom stereocenters. The molecule has 3 heteroatoms. The normalized spacial score (nSPS) is 23.6. The minimum atomic E-state index is 0.0802. The van der Waals surface area contributed by atoms with Crippen LogP contribution in [0.4, 0.5) is 0 Å². The van der Waals surface area contributed by atoms with Gasteiger partial charge in [-0.25, -0.2) is 0 Å². The molecule has 0 radical (unpaired) electrons. The molecule has 1 aliphatic heterocycles. The van der Waals surface area contributed by atoms with Crippen LogP contribution < -0.4 is 10.1 Å². The van der Waals surface area contributed by atoms with Crippen LogP contribution in [0.5, 0.6) is 5.75 Å². The van der Waals surface area contributed by atoms with Crippen LogP contribution in [0.25, 0.3) is 0 Å². The summed E-state index contributed by atoms with van der Waals surface area (Å²) in [4.78, 5) is 12.4. The summed E-state index contributed by atoms with van der Waals surface area (Å²) in [6.07, 6.45) is 0.917. The zero-order valence-corrected chi connectivity index (χ0v) is 10.4. The third kappa shape index (κ3) is 2.50. The van der Waals surface area contributed by atoms with Crippen molar-refractivity contribution in [2.75, 3.05) is 13.2 Å². The van der Waals surface area contributed by atoms with Crippen LogP contribution in [0.2, 0.25) is 0 Å². The Morgan fingerprint density at radius 1 is 1.47 bits per heavy atom. The molecule has 17 heavy (non-hydrogen) atoms. The van der Waals surface area contributed by atoms with Gasteiger partial charge in [0.05, 0.1) is 12.2 Å². The van der Waals surface area contributed by atoms with E-state index in [0.29, 0.717) is 12.4 Å². The highest BCUT2D eigenvalue weighted by atomic mass is 16.5. The van der Waals surface area contributed by atoms with E-state index >= 15 is 0 Å². The van der Waals surface area contributed by atoms with Crippen molar-refractivity contribution < 1.29 is 9.53 Å². The van der Waals surface area contributed by atoms with Crippen LogP contribution in [0, 0.1) is 5.92 Å². The Morgan fingerprint density at radius 3 is 2.88 bits per heavy atom. The minimum Gasteiger partial charge on any atom is -0.493 e. The van der Waals surface area contributed by atoms with Crippen molar-refractivity contribution in [3.63, 3.8) is 0 Å². The van der Waals surface area contributed by atoms with E-state index in [9.17, 15) is 4.79 Å². The van der Waals surface area contributed by atoms with Crippen LogP contribution >= 0.6 is 0 Å². The molecule has 1 N–H and O–H groups in total. The van der Waals surface area contributed by atoms with Crippen molar-refractivity contribution in [2.24, 2.45) is 5.92 Å². The minimum absolute atomic E-state index is 0.0802. The third-order valence-corrected chi connectivity index (χ3v) is 3.31. The predicted octanol–water partition coefficient (Wildman–Crippen LogP) is 2.27. The van der Waals surface area contributed by atoms with Gasteiger partial charge in [-0.1, -0.05) is 12.1 Å². The lowest BCUT2D eigenvalue weighted by Crippen LogP contribution is -2.28. The second kappa shape index (κ2) is 5.32. The van der Waals surface area contributed by atoms with Crippen LogP contribution in [-0.2, 0) is 0 Å². The highest BCUT2D eigenvalue weighted by Gasteiger charge is 2.31. The van der Waals surface area contributed by atoms with Gasteiger partial charge in [0, 0.05) is 12.0 Å². The molecule has 2 unspecified atom stereocenters. The summed E-state index contributed by atoms with van der Waals surface area (Å²) < 4.78 is 5.51. The third-order valence-electron chi connectivity index (χ3n) is 3.31. The van der Waals surface area contributed by atoms with E-state index < -0.39 is 0 Å². The fourth-order valence-electron chi connectivity index (χ4n) is 2.37. The highest BCUT2D eigenvalue weighted by molar-refractivity contribution is 6.00. The van der Waals surface area contributed by atoms with Crippen LogP contribution in [-0.4, -0.2) is 25.0 Å². The number of nitrogens with one attached hydrogen (secondary N) is 1. The van der Waals surface area contributed by atoms with Gasteiger partial charge in [0.15, 0.2) is 5.78 Å². The first-order valence-electron chi connectivity index (χ1n) is 6.23. The number of Topliss-reactive ketones (excluding diaryl/α,β-unsaturated/α-hetero) is 1. The van der Waals surface area contributed by atoms with Crippen molar-refractivity contribution in [3.8, 4) is 5.75 Å². The molecule has 1 aliphatic rings. The number of hydrogen-bond donors (Lipinski definition) is 1. The number of benzene rings is 1. The molecular weight excluding hydrogens is 214 g/mol. The fourth-order valence-corrected chi connectivity index (χ4v) is 2.37. The number of para-hydroxylation sites is 1. The van der Waals surface area contributed by atoms with Crippen LogP contribution in [0.3, 0.4) is 0 Å². The number of carbonyl (C=O) groups excluding carboxylic acids is 1. The lowest BCUT2D eigenvalue weighted by atomic mass is 9.91. The molecule has 1 aromatic carbocycles.